The van der Waals surface area contributed by atoms with Gasteiger partial charge in [0.1, 0.15) is 11.5 Å². The molecular formula is C21H22F3NO5. The van der Waals surface area contributed by atoms with Gasteiger partial charge >= 0.3 is 6.36 Å². The lowest BCUT2D eigenvalue weighted by atomic mass is 10.1. The minimum Gasteiger partial charge on any atom is -0.496 e. The summed E-state index contributed by atoms with van der Waals surface area (Å²) in [4.78, 5) is 12.3. The van der Waals surface area contributed by atoms with Crippen LogP contribution in [0.1, 0.15) is 27.9 Å². The summed E-state index contributed by atoms with van der Waals surface area (Å²) in [5.74, 6) is -0.225. The van der Waals surface area contributed by atoms with Crippen molar-refractivity contribution in [3.8, 4) is 11.5 Å². The van der Waals surface area contributed by atoms with E-state index in [4.69, 9.17) is 9.84 Å². The van der Waals surface area contributed by atoms with Crippen molar-refractivity contribution < 1.29 is 37.7 Å². The second-order valence-electron chi connectivity index (χ2n) is 6.28. The summed E-state index contributed by atoms with van der Waals surface area (Å²) in [6.07, 6.45) is -2.12. The molecule has 6 nitrogen and oxygen atoms in total. The zero-order chi connectivity index (χ0) is 22.1. The van der Waals surface area contributed by atoms with E-state index in [0.29, 0.717) is 22.4 Å². The number of carbonyl (C=O) groups is 1. The predicted octanol–water partition coefficient (Wildman–Crippen LogP) is 3.24. The van der Waals surface area contributed by atoms with Crippen molar-refractivity contribution in [2.75, 3.05) is 20.3 Å². The lowest BCUT2D eigenvalue weighted by Gasteiger charge is -2.12. The Labute approximate surface area is 171 Å². The number of rotatable bonds is 9. The molecule has 1 atom stereocenters. The third-order valence-corrected chi connectivity index (χ3v) is 4.02. The third kappa shape index (κ3) is 7.41. The molecule has 0 radical (unpaired) electrons. The smallest absolute Gasteiger partial charge is 0.496 e. The average Bonchev–Trinajstić information content (AvgIpc) is 2.70. The Morgan fingerprint density at radius 2 is 1.87 bits per heavy atom. The van der Waals surface area contributed by atoms with E-state index in [2.05, 4.69) is 10.1 Å². The molecule has 3 N–H and O–H groups in total. The van der Waals surface area contributed by atoms with Gasteiger partial charge in [-0.15, -0.1) is 13.2 Å². The first-order valence-corrected chi connectivity index (χ1v) is 9.01. The number of aliphatic hydroxyl groups is 2. The van der Waals surface area contributed by atoms with Gasteiger partial charge in [-0.2, -0.15) is 0 Å². The normalized spacial score (nSPS) is 12.6. The molecule has 0 aliphatic heterocycles. The Balaban J connectivity index is 2.12. The van der Waals surface area contributed by atoms with Crippen LogP contribution in [0.5, 0.6) is 11.5 Å². The van der Waals surface area contributed by atoms with E-state index in [1.807, 2.05) is 0 Å². The highest BCUT2D eigenvalue weighted by atomic mass is 19.4. The largest absolute Gasteiger partial charge is 0.573 e. The Bertz CT molecular complexity index is 866. The molecule has 0 saturated carbocycles. The molecule has 0 aliphatic rings. The molecule has 0 bridgehead atoms. The van der Waals surface area contributed by atoms with Gasteiger partial charge in [0.15, 0.2) is 0 Å². The SMILES string of the molecule is COc1ccc(C(=O)NCC(O)CCO)cc1/C=C/c1ccc(OC(F)(F)F)cc1. The first kappa shape index (κ1) is 23.2. The van der Waals surface area contributed by atoms with Gasteiger partial charge in [-0.25, -0.2) is 0 Å². The predicted molar refractivity (Wildman–Crippen MR) is 105 cm³/mol. The molecule has 2 aromatic carbocycles. The van der Waals surface area contributed by atoms with Crippen molar-refractivity contribution in [1.82, 2.24) is 5.32 Å². The fraction of sp³-hybridized carbons (Fsp3) is 0.286. The summed E-state index contributed by atoms with van der Waals surface area (Å²) >= 11 is 0. The zero-order valence-electron chi connectivity index (χ0n) is 16.1. The number of nitrogens with one attached hydrogen (secondary N) is 1. The van der Waals surface area contributed by atoms with Crippen molar-refractivity contribution in [2.45, 2.75) is 18.9 Å². The zero-order valence-corrected chi connectivity index (χ0v) is 16.1. The Hall–Kier alpha value is -3.04. The highest BCUT2D eigenvalue weighted by Gasteiger charge is 2.30. The van der Waals surface area contributed by atoms with E-state index in [9.17, 15) is 23.1 Å². The number of methoxy groups -OCH3 is 1. The van der Waals surface area contributed by atoms with Gasteiger partial charge in [0.25, 0.3) is 5.91 Å². The van der Waals surface area contributed by atoms with E-state index < -0.39 is 18.4 Å². The molecule has 30 heavy (non-hydrogen) atoms. The number of hydrogen-bond acceptors (Lipinski definition) is 5. The third-order valence-electron chi connectivity index (χ3n) is 4.02. The van der Waals surface area contributed by atoms with Crippen LogP contribution in [0.3, 0.4) is 0 Å². The number of amides is 1. The summed E-state index contributed by atoms with van der Waals surface area (Å²) in [6.45, 7) is -0.180. The van der Waals surface area contributed by atoms with Crippen LogP contribution in [-0.4, -0.2) is 48.8 Å². The molecule has 1 unspecified atom stereocenters. The van der Waals surface area contributed by atoms with Crippen molar-refractivity contribution in [3.63, 3.8) is 0 Å². The molecular weight excluding hydrogens is 403 g/mol. The lowest BCUT2D eigenvalue weighted by molar-refractivity contribution is -0.274. The van der Waals surface area contributed by atoms with Gasteiger partial charge in [0, 0.05) is 24.3 Å². The molecule has 0 spiro atoms. The van der Waals surface area contributed by atoms with Crippen molar-refractivity contribution in [2.24, 2.45) is 0 Å². The fourth-order valence-corrected chi connectivity index (χ4v) is 2.54. The summed E-state index contributed by atoms with van der Waals surface area (Å²) in [5.41, 5.74) is 1.53. The van der Waals surface area contributed by atoms with E-state index in [-0.39, 0.29) is 25.3 Å². The highest BCUT2D eigenvalue weighted by Crippen LogP contribution is 2.25. The van der Waals surface area contributed by atoms with E-state index in [1.165, 1.54) is 31.4 Å². The monoisotopic (exact) mass is 425 g/mol. The molecule has 0 heterocycles. The molecule has 0 aliphatic carbocycles. The number of hydrogen-bond donors (Lipinski definition) is 3. The van der Waals surface area contributed by atoms with Crippen LogP contribution >= 0.6 is 0 Å². The Kier molecular flexibility index (Phi) is 8.25. The van der Waals surface area contributed by atoms with Crippen molar-refractivity contribution in [1.29, 1.82) is 0 Å². The Morgan fingerprint density at radius 3 is 2.47 bits per heavy atom. The fourth-order valence-electron chi connectivity index (χ4n) is 2.54. The lowest BCUT2D eigenvalue weighted by Crippen LogP contribution is -2.32. The van der Waals surface area contributed by atoms with Gasteiger partial charge < -0.3 is 25.0 Å². The van der Waals surface area contributed by atoms with Crippen molar-refractivity contribution in [3.05, 3.63) is 59.2 Å². The second-order valence-corrected chi connectivity index (χ2v) is 6.28. The molecule has 0 saturated heterocycles. The van der Waals surface area contributed by atoms with Gasteiger partial charge in [-0.1, -0.05) is 24.3 Å². The number of carbonyl (C=O) groups excluding carboxylic acids is 1. The van der Waals surface area contributed by atoms with Gasteiger partial charge in [-0.3, -0.25) is 4.79 Å². The molecule has 2 rings (SSSR count). The second kappa shape index (κ2) is 10.7. The molecule has 1 amide bonds. The minimum absolute atomic E-state index is 0.00292. The van der Waals surface area contributed by atoms with E-state index >= 15 is 0 Å². The summed E-state index contributed by atoms with van der Waals surface area (Å²) in [6, 6.07) is 10.1. The summed E-state index contributed by atoms with van der Waals surface area (Å²) in [5, 5.41) is 21.0. The average molecular weight is 425 g/mol. The quantitative estimate of drug-likeness (QED) is 0.537. The van der Waals surface area contributed by atoms with Crippen LogP contribution in [0.25, 0.3) is 12.2 Å². The number of ether oxygens (including phenoxy) is 2. The standard InChI is InChI=1S/C21H22F3NO5/c1-29-19-9-6-16(20(28)25-13-17(27)10-11-26)12-15(19)5-2-14-3-7-18(8-4-14)30-21(22,23)24/h2-9,12,17,26-27H,10-11,13H2,1H3,(H,25,28)/b5-2+. The first-order chi connectivity index (χ1) is 14.2. The summed E-state index contributed by atoms with van der Waals surface area (Å²) < 4.78 is 45.8. The minimum atomic E-state index is -4.75. The van der Waals surface area contributed by atoms with E-state index in [0.717, 1.165) is 0 Å². The van der Waals surface area contributed by atoms with Crippen LogP contribution in [0.2, 0.25) is 0 Å². The molecule has 0 aromatic heterocycles. The summed E-state index contributed by atoms with van der Waals surface area (Å²) in [7, 11) is 1.47. The van der Waals surface area contributed by atoms with Crippen molar-refractivity contribution >= 4 is 18.1 Å². The highest BCUT2D eigenvalue weighted by molar-refractivity contribution is 5.95. The number of benzene rings is 2. The maximum absolute atomic E-state index is 12.3. The molecule has 9 heteroatoms. The first-order valence-electron chi connectivity index (χ1n) is 9.01. The van der Waals surface area contributed by atoms with Crippen LogP contribution < -0.4 is 14.8 Å². The van der Waals surface area contributed by atoms with Crippen LogP contribution in [0.15, 0.2) is 42.5 Å². The number of halogens is 3. The maximum Gasteiger partial charge on any atom is 0.573 e. The van der Waals surface area contributed by atoms with Gasteiger partial charge in [0.05, 0.1) is 13.2 Å². The van der Waals surface area contributed by atoms with Crippen LogP contribution in [0, 0.1) is 0 Å². The van der Waals surface area contributed by atoms with Crippen LogP contribution in [-0.2, 0) is 0 Å². The number of aliphatic hydroxyl groups excluding tert-OH is 2. The maximum atomic E-state index is 12.3. The topological polar surface area (TPSA) is 88.0 Å². The molecule has 162 valence electrons. The van der Waals surface area contributed by atoms with Gasteiger partial charge in [-0.05, 0) is 42.3 Å². The van der Waals surface area contributed by atoms with E-state index in [1.54, 1.807) is 30.4 Å². The Morgan fingerprint density at radius 1 is 1.17 bits per heavy atom. The molecule has 0 fully saturated rings. The van der Waals surface area contributed by atoms with Gasteiger partial charge in [0.2, 0.25) is 0 Å². The number of alkyl halides is 3. The van der Waals surface area contributed by atoms with Crippen LogP contribution in [0.4, 0.5) is 13.2 Å². The molecule has 2 aromatic rings.